The van der Waals surface area contributed by atoms with Crippen LogP contribution in [0.25, 0.3) is 0 Å². The molecule has 0 bridgehead atoms. The molecule has 0 saturated carbocycles. The molecule has 1 heterocycles. The topological polar surface area (TPSA) is 63.2 Å². The van der Waals surface area contributed by atoms with E-state index in [0.29, 0.717) is 17.6 Å². The number of pyridine rings is 1. The molecule has 116 valence electrons. The highest BCUT2D eigenvalue weighted by molar-refractivity contribution is 5.96. The Morgan fingerprint density at radius 3 is 2.64 bits per heavy atom. The van der Waals surface area contributed by atoms with Crippen molar-refractivity contribution in [2.24, 2.45) is 0 Å². The van der Waals surface area contributed by atoms with Crippen LogP contribution in [0.1, 0.15) is 6.92 Å². The second-order valence-electron chi connectivity index (χ2n) is 4.57. The van der Waals surface area contributed by atoms with Crippen LogP contribution in [-0.2, 0) is 4.79 Å². The van der Waals surface area contributed by atoms with Gasteiger partial charge in [-0.3, -0.25) is 4.79 Å². The van der Waals surface area contributed by atoms with Gasteiger partial charge >= 0.3 is 0 Å². The van der Waals surface area contributed by atoms with E-state index in [2.05, 4.69) is 15.6 Å². The van der Waals surface area contributed by atoms with E-state index in [1.165, 1.54) is 19.4 Å². The summed E-state index contributed by atoms with van der Waals surface area (Å²) >= 11 is 0. The highest BCUT2D eigenvalue weighted by Crippen LogP contribution is 2.16. The number of rotatable bonds is 5. The second-order valence-corrected chi connectivity index (χ2v) is 4.57. The van der Waals surface area contributed by atoms with Gasteiger partial charge in [-0.2, -0.15) is 0 Å². The van der Waals surface area contributed by atoms with Gasteiger partial charge < -0.3 is 15.4 Å². The minimum Gasteiger partial charge on any atom is -0.481 e. The van der Waals surface area contributed by atoms with Crippen molar-refractivity contribution in [1.29, 1.82) is 0 Å². The minimum atomic E-state index is -0.827. The Morgan fingerprint density at radius 1 is 1.27 bits per heavy atom. The summed E-state index contributed by atoms with van der Waals surface area (Å²) in [5.74, 6) is -1.53. The van der Waals surface area contributed by atoms with Crippen LogP contribution in [0.15, 0.2) is 36.5 Å². The lowest BCUT2D eigenvalue weighted by atomic mass is 10.2. The Morgan fingerprint density at radius 2 is 2.05 bits per heavy atom. The largest absolute Gasteiger partial charge is 0.481 e. The number of nitrogens with zero attached hydrogens (tertiary/aromatic N) is 1. The van der Waals surface area contributed by atoms with Gasteiger partial charge in [0, 0.05) is 12.1 Å². The third-order valence-electron chi connectivity index (χ3n) is 2.91. The number of amides is 1. The number of aromatic nitrogens is 1. The first-order chi connectivity index (χ1) is 10.5. The monoisotopic (exact) mass is 307 g/mol. The van der Waals surface area contributed by atoms with E-state index in [-0.39, 0.29) is 5.69 Å². The molecule has 1 amide bonds. The van der Waals surface area contributed by atoms with E-state index in [1.807, 2.05) is 0 Å². The quantitative estimate of drug-likeness (QED) is 0.891. The molecule has 1 atom stereocenters. The van der Waals surface area contributed by atoms with Crippen LogP contribution < -0.4 is 15.4 Å². The molecule has 0 unspecified atom stereocenters. The van der Waals surface area contributed by atoms with Crippen molar-refractivity contribution < 1.29 is 18.3 Å². The summed E-state index contributed by atoms with van der Waals surface area (Å²) in [4.78, 5) is 16.0. The van der Waals surface area contributed by atoms with Crippen molar-refractivity contribution in [3.63, 3.8) is 0 Å². The summed E-state index contributed by atoms with van der Waals surface area (Å²) in [7, 11) is 1.50. The van der Waals surface area contributed by atoms with Gasteiger partial charge in [0.2, 0.25) is 11.8 Å². The first-order valence-electron chi connectivity index (χ1n) is 6.52. The fraction of sp³-hybridized carbons (Fsp3) is 0.200. The number of anilines is 2. The van der Waals surface area contributed by atoms with Crippen molar-refractivity contribution in [1.82, 2.24) is 4.98 Å². The van der Waals surface area contributed by atoms with Crippen molar-refractivity contribution in [2.75, 3.05) is 17.7 Å². The Balaban J connectivity index is 1.99. The van der Waals surface area contributed by atoms with E-state index in [1.54, 1.807) is 19.1 Å². The van der Waals surface area contributed by atoms with Crippen LogP contribution in [0.3, 0.4) is 0 Å². The van der Waals surface area contributed by atoms with E-state index in [0.717, 1.165) is 6.07 Å². The number of halogens is 2. The smallest absolute Gasteiger partial charge is 0.246 e. The number of hydrogen-bond donors (Lipinski definition) is 2. The molecule has 0 aliphatic rings. The summed E-state index contributed by atoms with van der Waals surface area (Å²) in [5, 5.41) is 5.31. The Labute approximate surface area is 126 Å². The van der Waals surface area contributed by atoms with Gasteiger partial charge in [-0.15, -0.1) is 0 Å². The number of methoxy groups -OCH3 is 1. The maximum atomic E-state index is 13.5. The lowest BCUT2D eigenvalue weighted by Crippen LogP contribution is -2.32. The molecule has 2 rings (SSSR count). The maximum Gasteiger partial charge on any atom is 0.246 e. The Bertz CT molecular complexity index is 662. The van der Waals surface area contributed by atoms with Gasteiger partial charge in [0.05, 0.1) is 24.7 Å². The van der Waals surface area contributed by atoms with Crippen molar-refractivity contribution in [2.45, 2.75) is 13.0 Å². The number of carbonyl (C=O) groups excluding carboxylic acids is 1. The van der Waals surface area contributed by atoms with Gasteiger partial charge in [-0.25, -0.2) is 13.8 Å². The molecule has 5 nitrogen and oxygen atoms in total. The summed E-state index contributed by atoms with van der Waals surface area (Å²) in [5.41, 5.74) is 0.538. The molecule has 0 aliphatic heterocycles. The average molecular weight is 307 g/mol. The Hall–Kier alpha value is -2.70. The fourth-order valence-corrected chi connectivity index (χ4v) is 1.73. The molecule has 2 aromatic rings. The highest BCUT2D eigenvalue weighted by Gasteiger charge is 2.15. The van der Waals surface area contributed by atoms with Gasteiger partial charge in [-0.1, -0.05) is 0 Å². The first-order valence-corrected chi connectivity index (χ1v) is 6.52. The van der Waals surface area contributed by atoms with Gasteiger partial charge in [-0.05, 0) is 25.1 Å². The predicted molar refractivity (Wildman–Crippen MR) is 78.9 cm³/mol. The summed E-state index contributed by atoms with van der Waals surface area (Å²) in [6, 6.07) is 5.66. The van der Waals surface area contributed by atoms with Crippen LogP contribution in [0, 0.1) is 11.6 Å². The average Bonchev–Trinajstić information content (AvgIpc) is 2.50. The molecule has 0 radical (unpaired) electrons. The van der Waals surface area contributed by atoms with Crippen LogP contribution in [0.4, 0.5) is 20.2 Å². The highest BCUT2D eigenvalue weighted by atomic mass is 19.1. The van der Waals surface area contributed by atoms with Crippen molar-refractivity contribution in [3.8, 4) is 5.88 Å². The lowest BCUT2D eigenvalue weighted by molar-refractivity contribution is -0.116. The van der Waals surface area contributed by atoms with Crippen molar-refractivity contribution in [3.05, 3.63) is 48.2 Å². The maximum absolute atomic E-state index is 13.5. The molecule has 22 heavy (non-hydrogen) atoms. The number of nitrogens with one attached hydrogen (secondary N) is 2. The van der Waals surface area contributed by atoms with Crippen molar-refractivity contribution >= 4 is 17.3 Å². The Kier molecular flexibility index (Phi) is 4.88. The molecule has 1 aromatic carbocycles. The zero-order chi connectivity index (χ0) is 16.1. The lowest BCUT2D eigenvalue weighted by Gasteiger charge is -2.15. The zero-order valence-electron chi connectivity index (χ0n) is 12.1. The SMILES string of the molecule is COc1ccc(N[C@H](C)C(=O)Nc2ccc(F)cc2F)cn1. The molecule has 0 fully saturated rings. The standard InChI is InChI=1S/C15H15F2N3O2/c1-9(19-11-4-6-14(22-2)18-8-11)15(21)20-13-5-3-10(16)7-12(13)17/h3-9,19H,1-2H3,(H,20,21)/t9-/m1/s1. The fourth-order valence-electron chi connectivity index (χ4n) is 1.73. The van der Waals surface area contributed by atoms with E-state index < -0.39 is 23.6 Å². The number of benzene rings is 1. The van der Waals surface area contributed by atoms with E-state index in [9.17, 15) is 13.6 Å². The van der Waals surface area contributed by atoms with Gasteiger partial charge in [0.15, 0.2) is 0 Å². The van der Waals surface area contributed by atoms with Gasteiger partial charge in [0.25, 0.3) is 0 Å². The number of carbonyl (C=O) groups is 1. The molecule has 7 heteroatoms. The van der Waals surface area contributed by atoms with Crippen LogP contribution in [0.5, 0.6) is 5.88 Å². The second kappa shape index (κ2) is 6.84. The van der Waals surface area contributed by atoms with Gasteiger partial charge in [0.1, 0.15) is 17.7 Å². The third kappa shape index (κ3) is 3.91. The number of ether oxygens (including phenoxy) is 1. The van der Waals surface area contributed by atoms with E-state index >= 15 is 0 Å². The number of hydrogen-bond acceptors (Lipinski definition) is 4. The van der Waals surface area contributed by atoms with E-state index in [4.69, 9.17) is 4.74 Å². The normalized spacial score (nSPS) is 11.6. The predicted octanol–water partition coefficient (Wildman–Crippen LogP) is 2.81. The summed E-state index contributed by atoms with van der Waals surface area (Å²) < 4.78 is 31.2. The minimum absolute atomic E-state index is 0.0760. The zero-order valence-corrected chi connectivity index (χ0v) is 12.1. The molecule has 1 aromatic heterocycles. The molecule has 2 N–H and O–H groups in total. The molecular formula is C15H15F2N3O2. The molecular weight excluding hydrogens is 292 g/mol. The first kappa shape index (κ1) is 15.7. The molecule has 0 spiro atoms. The van der Waals surface area contributed by atoms with Crippen LogP contribution in [-0.4, -0.2) is 24.0 Å². The summed E-state index contributed by atoms with van der Waals surface area (Å²) in [6.07, 6.45) is 1.51. The van der Waals surface area contributed by atoms with Crippen LogP contribution >= 0.6 is 0 Å². The van der Waals surface area contributed by atoms with Crippen LogP contribution in [0.2, 0.25) is 0 Å². The summed E-state index contributed by atoms with van der Waals surface area (Å²) in [6.45, 7) is 1.61. The molecule has 0 aliphatic carbocycles. The third-order valence-corrected chi connectivity index (χ3v) is 2.91. The molecule has 0 saturated heterocycles.